The summed E-state index contributed by atoms with van der Waals surface area (Å²) in [6, 6.07) is 8.14. The minimum atomic E-state index is -1.94. The molecule has 0 radical (unpaired) electrons. The van der Waals surface area contributed by atoms with E-state index in [1.165, 1.54) is 38.6 Å². The maximum atomic E-state index is 12.8. The zero-order chi connectivity index (χ0) is 22.3. The lowest BCUT2D eigenvalue weighted by Crippen LogP contribution is -2.64. The van der Waals surface area contributed by atoms with Crippen molar-refractivity contribution < 1.29 is 24.1 Å². The van der Waals surface area contributed by atoms with Crippen molar-refractivity contribution in [2.45, 2.75) is 19.4 Å². The molecule has 9 heteroatoms. The Kier molecular flexibility index (Phi) is 7.12. The second-order valence-electron chi connectivity index (χ2n) is 6.50. The number of hydrogen-bond acceptors (Lipinski definition) is 6. The fourth-order valence-corrected chi connectivity index (χ4v) is 2.57. The molecule has 1 atom stereocenters. The third kappa shape index (κ3) is 4.74. The van der Waals surface area contributed by atoms with Gasteiger partial charge in [-0.25, -0.2) is 5.48 Å². The third-order valence-corrected chi connectivity index (χ3v) is 4.52. The Bertz CT molecular complexity index is 1010. The van der Waals surface area contributed by atoms with Crippen LogP contribution in [0.25, 0.3) is 6.08 Å². The van der Waals surface area contributed by atoms with Crippen LogP contribution < -0.4 is 10.8 Å². The van der Waals surface area contributed by atoms with Crippen LogP contribution in [0.2, 0.25) is 0 Å². The van der Waals surface area contributed by atoms with Crippen molar-refractivity contribution >= 4 is 23.8 Å². The molecule has 1 aromatic carbocycles. The minimum Gasteiger partial charge on any atom is -0.361 e. The van der Waals surface area contributed by atoms with Crippen LogP contribution in [-0.4, -0.2) is 52.6 Å². The molecule has 0 unspecified atom stereocenters. The first-order valence-corrected chi connectivity index (χ1v) is 8.90. The van der Waals surface area contributed by atoms with E-state index in [1.54, 1.807) is 37.3 Å². The van der Waals surface area contributed by atoms with Crippen LogP contribution in [0, 0.1) is 18.8 Å². The van der Waals surface area contributed by atoms with Gasteiger partial charge in [-0.15, -0.1) is 0 Å². The zero-order valence-corrected chi connectivity index (χ0v) is 17.0. The van der Waals surface area contributed by atoms with Crippen molar-refractivity contribution in [3.05, 3.63) is 59.0 Å². The summed E-state index contributed by atoms with van der Waals surface area (Å²) in [6.45, 7) is 3.03. The first kappa shape index (κ1) is 22.4. The highest BCUT2D eigenvalue weighted by Crippen LogP contribution is 2.18. The number of aryl methyl sites for hydroxylation is 1. The van der Waals surface area contributed by atoms with Gasteiger partial charge in [-0.3, -0.25) is 19.6 Å². The highest BCUT2D eigenvalue weighted by molar-refractivity contribution is 6.12. The highest BCUT2D eigenvalue weighted by Gasteiger charge is 2.47. The van der Waals surface area contributed by atoms with Crippen LogP contribution in [0.1, 0.15) is 34.3 Å². The number of nitrogens with zero attached hydrogens (tertiary/aromatic N) is 2. The Labute approximate surface area is 173 Å². The molecule has 0 saturated carbocycles. The van der Waals surface area contributed by atoms with Gasteiger partial charge in [0.25, 0.3) is 17.7 Å². The molecule has 3 amide bonds. The summed E-state index contributed by atoms with van der Waals surface area (Å²) in [7, 11) is 2.63. The topological polar surface area (TPSA) is 125 Å². The van der Waals surface area contributed by atoms with Crippen LogP contribution in [0.4, 0.5) is 0 Å². The smallest absolute Gasteiger partial charge is 0.278 e. The maximum absolute atomic E-state index is 12.8. The summed E-state index contributed by atoms with van der Waals surface area (Å²) in [5.41, 5.74) is 1.06. The molecule has 0 fully saturated rings. The van der Waals surface area contributed by atoms with Gasteiger partial charge in [-0.1, -0.05) is 17.0 Å². The van der Waals surface area contributed by atoms with Crippen LogP contribution in [0.15, 0.2) is 40.9 Å². The number of carbonyl (C=O) groups is 3. The van der Waals surface area contributed by atoms with E-state index in [0.29, 0.717) is 17.0 Å². The molecule has 156 valence electrons. The largest absolute Gasteiger partial charge is 0.361 e. The van der Waals surface area contributed by atoms with Crippen LogP contribution in [0.3, 0.4) is 0 Å². The molecule has 1 aromatic heterocycles. The number of rotatable bonds is 5. The average Bonchev–Trinajstić information content (AvgIpc) is 3.19. The molecule has 0 bridgehead atoms. The van der Waals surface area contributed by atoms with Crippen LogP contribution in [-0.2, 0) is 9.59 Å². The zero-order valence-electron chi connectivity index (χ0n) is 17.0. The lowest BCUT2D eigenvalue weighted by Gasteiger charge is -2.34. The number of benzene rings is 1. The first-order valence-electron chi connectivity index (χ1n) is 8.90. The van der Waals surface area contributed by atoms with E-state index in [0.717, 1.165) is 4.90 Å². The van der Waals surface area contributed by atoms with Gasteiger partial charge < -0.3 is 14.7 Å². The Morgan fingerprint density at radius 1 is 1.23 bits per heavy atom. The molecular formula is C21H22N4O5. The summed E-state index contributed by atoms with van der Waals surface area (Å²) < 4.78 is 4.95. The number of hydrogen-bond donors (Lipinski definition) is 3. The Hall–Kier alpha value is -3.90. The van der Waals surface area contributed by atoms with Crippen molar-refractivity contribution in [3.63, 3.8) is 0 Å². The van der Waals surface area contributed by atoms with Gasteiger partial charge in [0.05, 0.1) is 0 Å². The van der Waals surface area contributed by atoms with Gasteiger partial charge in [0.15, 0.2) is 5.54 Å². The van der Waals surface area contributed by atoms with Gasteiger partial charge in [0.2, 0.25) is 0 Å². The summed E-state index contributed by atoms with van der Waals surface area (Å²) in [5, 5.41) is 15.1. The lowest BCUT2D eigenvalue weighted by atomic mass is 9.96. The van der Waals surface area contributed by atoms with Gasteiger partial charge in [-0.05, 0) is 50.3 Å². The average molecular weight is 410 g/mol. The predicted molar refractivity (Wildman–Crippen MR) is 108 cm³/mol. The summed E-state index contributed by atoms with van der Waals surface area (Å²) in [6.07, 6.45) is 3.34. The van der Waals surface area contributed by atoms with Crippen LogP contribution >= 0.6 is 0 Å². The van der Waals surface area contributed by atoms with E-state index in [-0.39, 0.29) is 5.56 Å². The molecule has 0 aliphatic rings. The van der Waals surface area contributed by atoms with Gasteiger partial charge in [0.1, 0.15) is 11.5 Å². The van der Waals surface area contributed by atoms with Gasteiger partial charge in [-0.2, -0.15) is 0 Å². The molecule has 2 rings (SSSR count). The molecule has 0 saturated heterocycles. The van der Waals surface area contributed by atoms with E-state index < -0.39 is 23.3 Å². The number of hydroxylamine groups is 1. The van der Waals surface area contributed by atoms with Crippen LogP contribution in [0.5, 0.6) is 0 Å². The molecule has 0 aliphatic heterocycles. The van der Waals surface area contributed by atoms with E-state index in [1.807, 2.05) is 0 Å². The SMILES string of the molecule is CNC(=O)[C@@](C)(C(=O)NO)N(C)C(=O)c1ccc(C#C/C=C\c2cc(C)on2)cc1. The summed E-state index contributed by atoms with van der Waals surface area (Å²) >= 11 is 0. The number of carbonyl (C=O) groups excluding carboxylic acids is 3. The Balaban J connectivity index is 2.16. The van der Waals surface area contributed by atoms with Crippen molar-refractivity contribution in [2.24, 2.45) is 0 Å². The number of likely N-dealkylation sites (N-methyl/N-ethyl adjacent to an activating group) is 2. The molecular weight excluding hydrogens is 388 g/mol. The molecule has 1 heterocycles. The second-order valence-corrected chi connectivity index (χ2v) is 6.50. The van der Waals surface area contributed by atoms with Gasteiger partial charge in [0, 0.05) is 31.3 Å². The van der Waals surface area contributed by atoms with E-state index in [2.05, 4.69) is 22.3 Å². The lowest BCUT2D eigenvalue weighted by molar-refractivity contribution is -0.148. The molecule has 9 nitrogen and oxygen atoms in total. The van der Waals surface area contributed by atoms with Crippen molar-refractivity contribution in [1.29, 1.82) is 0 Å². The molecule has 2 aromatic rings. The van der Waals surface area contributed by atoms with E-state index in [9.17, 15) is 14.4 Å². The minimum absolute atomic E-state index is 0.248. The third-order valence-electron chi connectivity index (χ3n) is 4.52. The molecule has 0 spiro atoms. The maximum Gasteiger partial charge on any atom is 0.278 e. The number of amides is 3. The highest BCUT2D eigenvalue weighted by atomic mass is 16.5. The van der Waals surface area contributed by atoms with E-state index in [4.69, 9.17) is 9.73 Å². The normalized spacial score (nSPS) is 12.4. The summed E-state index contributed by atoms with van der Waals surface area (Å²) in [5.74, 6) is 4.13. The van der Waals surface area contributed by atoms with Crippen molar-refractivity contribution in [3.8, 4) is 11.8 Å². The first-order chi connectivity index (χ1) is 14.2. The summed E-state index contributed by atoms with van der Waals surface area (Å²) in [4.78, 5) is 38.0. The van der Waals surface area contributed by atoms with Crippen molar-refractivity contribution in [1.82, 2.24) is 20.9 Å². The quantitative estimate of drug-likeness (QED) is 0.294. The Morgan fingerprint density at radius 3 is 2.43 bits per heavy atom. The number of aromatic nitrogens is 1. The number of nitrogens with one attached hydrogen (secondary N) is 2. The van der Waals surface area contributed by atoms with Gasteiger partial charge >= 0.3 is 0 Å². The monoisotopic (exact) mass is 410 g/mol. The standard InChI is InChI=1S/C21H22N4O5/c1-14-13-17(24-30-14)8-6-5-7-15-9-11-16(12-10-15)18(26)25(4)21(2,19(27)22-3)20(28)23-29/h6,8-13,29H,1-4H3,(H,22,27)(H,23,28)/b8-6-/t21-/m0/s1. The van der Waals surface area contributed by atoms with Crippen molar-refractivity contribution in [2.75, 3.05) is 14.1 Å². The Morgan fingerprint density at radius 2 is 1.90 bits per heavy atom. The molecule has 3 N–H and O–H groups in total. The predicted octanol–water partition coefficient (Wildman–Crippen LogP) is 1.13. The molecule has 0 aliphatic carbocycles. The fraction of sp³-hybridized carbons (Fsp3) is 0.238. The second kappa shape index (κ2) is 9.54. The number of allylic oxidation sites excluding steroid dienone is 1. The molecule has 30 heavy (non-hydrogen) atoms. The fourth-order valence-electron chi connectivity index (χ4n) is 2.57. The van der Waals surface area contributed by atoms with E-state index >= 15 is 0 Å².